The van der Waals surface area contributed by atoms with E-state index in [-0.39, 0.29) is 0 Å². The van der Waals surface area contributed by atoms with E-state index in [4.69, 9.17) is 0 Å². The van der Waals surface area contributed by atoms with Gasteiger partial charge in [-0.25, -0.2) is 0 Å². The molecule has 3 aromatic rings. The van der Waals surface area contributed by atoms with Crippen LogP contribution in [0.4, 0.5) is 5.69 Å². The molecule has 0 N–H and O–H groups in total. The van der Waals surface area contributed by atoms with Gasteiger partial charge >= 0.3 is 0 Å². The van der Waals surface area contributed by atoms with Crippen LogP contribution in [0.25, 0.3) is 10.9 Å². The van der Waals surface area contributed by atoms with E-state index in [1.165, 1.54) is 22.2 Å². The Morgan fingerprint density at radius 2 is 1.76 bits per heavy atom. The second kappa shape index (κ2) is 7.28. The van der Waals surface area contributed by atoms with Crippen LogP contribution in [0.2, 0.25) is 0 Å². The summed E-state index contributed by atoms with van der Waals surface area (Å²) in [7, 11) is 0. The van der Waals surface area contributed by atoms with Crippen molar-refractivity contribution in [2.75, 3.05) is 37.6 Å². The number of rotatable bonds is 5. The lowest BCUT2D eigenvalue weighted by Crippen LogP contribution is -2.46. The molecule has 0 saturated carbocycles. The summed E-state index contributed by atoms with van der Waals surface area (Å²) in [6, 6.07) is 17.3. The van der Waals surface area contributed by atoms with Gasteiger partial charge in [-0.1, -0.05) is 30.3 Å². The molecule has 1 aliphatic rings. The number of para-hydroxylation sites is 1. The van der Waals surface area contributed by atoms with Crippen LogP contribution < -0.4 is 4.90 Å². The molecule has 130 valence electrons. The highest BCUT2D eigenvalue weighted by atomic mass is 15.3. The van der Waals surface area contributed by atoms with Crippen molar-refractivity contribution in [3.8, 4) is 0 Å². The van der Waals surface area contributed by atoms with E-state index in [0.29, 0.717) is 0 Å². The summed E-state index contributed by atoms with van der Waals surface area (Å²) < 4.78 is 2.14. The minimum Gasteiger partial charge on any atom is -0.369 e. The number of piperazine rings is 1. The van der Waals surface area contributed by atoms with Gasteiger partial charge in [0.1, 0.15) is 0 Å². The zero-order valence-electron chi connectivity index (χ0n) is 14.9. The molecule has 2 aromatic carbocycles. The number of benzene rings is 2. The van der Waals surface area contributed by atoms with Crippen LogP contribution in [0, 0.1) is 6.92 Å². The van der Waals surface area contributed by atoms with E-state index in [9.17, 15) is 0 Å². The van der Waals surface area contributed by atoms with Gasteiger partial charge in [0.25, 0.3) is 0 Å². The van der Waals surface area contributed by atoms with Crippen LogP contribution in [0.1, 0.15) is 12.0 Å². The third-order valence-corrected chi connectivity index (χ3v) is 5.13. The fourth-order valence-electron chi connectivity index (χ4n) is 3.70. The fraction of sp³-hybridized carbons (Fsp3) is 0.381. The lowest BCUT2D eigenvalue weighted by atomic mass is 10.2. The number of hydrogen-bond donors (Lipinski definition) is 0. The van der Waals surface area contributed by atoms with E-state index in [1.807, 2.05) is 6.20 Å². The molecule has 2 heterocycles. The number of hydrogen-bond acceptors (Lipinski definition) is 3. The first-order chi connectivity index (χ1) is 12.3. The summed E-state index contributed by atoms with van der Waals surface area (Å²) >= 11 is 0. The molecule has 25 heavy (non-hydrogen) atoms. The highest BCUT2D eigenvalue weighted by molar-refractivity contribution is 5.78. The van der Waals surface area contributed by atoms with E-state index in [2.05, 4.69) is 75.0 Å². The summed E-state index contributed by atoms with van der Waals surface area (Å²) in [5, 5.41) is 5.76. The average molecular weight is 334 g/mol. The Bertz CT molecular complexity index is 831. The normalized spacial score (nSPS) is 15.8. The first-order valence-electron chi connectivity index (χ1n) is 9.24. The van der Waals surface area contributed by atoms with Gasteiger partial charge in [0.05, 0.1) is 11.7 Å². The van der Waals surface area contributed by atoms with E-state index in [1.54, 1.807) is 0 Å². The summed E-state index contributed by atoms with van der Waals surface area (Å²) in [6.45, 7) is 8.84. The van der Waals surface area contributed by atoms with Gasteiger partial charge in [-0.15, -0.1) is 0 Å². The molecule has 1 aromatic heterocycles. The minimum atomic E-state index is 0.992. The van der Waals surface area contributed by atoms with Crippen LogP contribution >= 0.6 is 0 Å². The minimum absolute atomic E-state index is 0.992. The smallest absolute Gasteiger partial charge is 0.0682 e. The number of anilines is 1. The Hall–Kier alpha value is -2.33. The largest absolute Gasteiger partial charge is 0.369 e. The summed E-state index contributed by atoms with van der Waals surface area (Å²) in [5.74, 6) is 0. The third-order valence-electron chi connectivity index (χ3n) is 5.13. The summed E-state index contributed by atoms with van der Waals surface area (Å²) in [5.41, 5.74) is 3.95. The molecule has 0 atom stereocenters. The predicted molar refractivity (Wildman–Crippen MR) is 104 cm³/mol. The zero-order valence-corrected chi connectivity index (χ0v) is 14.9. The molecule has 4 nitrogen and oxygen atoms in total. The lowest BCUT2D eigenvalue weighted by Gasteiger charge is -2.36. The molecule has 4 rings (SSSR count). The van der Waals surface area contributed by atoms with E-state index in [0.717, 1.165) is 45.7 Å². The molecule has 4 heteroatoms. The van der Waals surface area contributed by atoms with Crippen molar-refractivity contribution >= 4 is 16.6 Å². The zero-order chi connectivity index (χ0) is 17.1. The van der Waals surface area contributed by atoms with Crippen molar-refractivity contribution in [1.29, 1.82) is 0 Å². The monoisotopic (exact) mass is 334 g/mol. The van der Waals surface area contributed by atoms with Crippen LogP contribution in [0.5, 0.6) is 0 Å². The maximum atomic E-state index is 4.53. The third kappa shape index (κ3) is 3.69. The van der Waals surface area contributed by atoms with Gasteiger partial charge < -0.3 is 4.90 Å². The van der Waals surface area contributed by atoms with Crippen molar-refractivity contribution < 1.29 is 0 Å². The number of aromatic nitrogens is 2. The first-order valence-corrected chi connectivity index (χ1v) is 9.24. The van der Waals surface area contributed by atoms with Crippen LogP contribution in [0.15, 0.2) is 54.7 Å². The van der Waals surface area contributed by atoms with Gasteiger partial charge in [0, 0.05) is 50.3 Å². The first kappa shape index (κ1) is 16.2. The van der Waals surface area contributed by atoms with Crippen molar-refractivity contribution in [3.05, 3.63) is 60.3 Å². The standard InChI is InChI=1S/C21H26N4/c1-18-6-4-8-20(16-18)24-14-12-23(13-15-24)10-5-11-25-21-9-3-2-7-19(21)17-22-25/h2-4,6-9,16-17H,5,10-15H2,1H3. The molecule has 0 unspecified atom stereocenters. The predicted octanol–water partition coefficient (Wildman–Crippen LogP) is 3.56. The maximum Gasteiger partial charge on any atom is 0.0682 e. The topological polar surface area (TPSA) is 24.3 Å². The summed E-state index contributed by atoms with van der Waals surface area (Å²) in [4.78, 5) is 5.09. The maximum absolute atomic E-state index is 4.53. The number of nitrogens with zero attached hydrogens (tertiary/aromatic N) is 4. The Morgan fingerprint density at radius 1 is 0.920 bits per heavy atom. The van der Waals surface area contributed by atoms with Crippen LogP contribution in [-0.4, -0.2) is 47.4 Å². The quantitative estimate of drug-likeness (QED) is 0.713. The molecule has 0 amide bonds. The Kier molecular flexibility index (Phi) is 4.70. The molecule has 1 aliphatic heterocycles. The Morgan fingerprint density at radius 3 is 2.60 bits per heavy atom. The SMILES string of the molecule is Cc1cccc(N2CCN(CCCn3ncc4ccccc43)CC2)c1. The van der Waals surface area contributed by atoms with Crippen LogP contribution in [-0.2, 0) is 6.54 Å². The van der Waals surface area contributed by atoms with Crippen molar-refractivity contribution in [3.63, 3.8) is 0 Å². The Balaban J connectivity index is 1.26. The number of aryl methyl sites for hydroxylation is 2. The van der Waals surface area contributed by atoms with Gasteiger partial charge in [0.15, 0.2) is 0 Å². The van der Waals surface area contributed by atoms with Gasteiger partial charge in [-0.3, -0.25) is 9.58 Å². The Labute approximate surface area is 149 Å². The lowest BCUT2D eigenvalue weighted by molar-refractivity contribution is 0.249. The van der Waals surface area contributed by atoms with Gasteiger partial charge in [-0.2, -0.15) is 5.10 Å². The second-order valence-electron chi connectivity index (χ2n) is 6.95. The number of fused-ring (bicyclic) bond motifs is 1. The van der Waals surface area contributed by atoms with Crippen molar-refractivity contribution in [2.24, 2.45) is 0 Å². The molecule has 1 saturated heterocycles. The fourth-order valence-corrected chi connectivity index (χ4v) is 3.70. The highest BCUT2D eigenvalue weighted by Gasteiger charge is 2.16. The molecule has 0 bridgehead atoms. The van der Waals surface area contributed by atoms with Gasteiger partial charge in [-0.05, 0) is 37.1 Å². The highest BCUT2D eigenvalue weighted by Crippen LogP contribution is 2.18. The molecule has 0 radical (unpaired) electrons. The van der Waals surface area contributed by atoms with Crippen molar-refractivity contribution in [2.45, 2.75) is 19.9 Å². The molecular weight excluding hydrogens is 308 g/mol. The molecule has 0 spiro atoms. The molecular formula is C21H26N4. The summed E-state index contributed by atoms with van der Waals surface area (Å²) in [6.07, 6.45) is 3.12. The average Bonchev–Trinajstić information content (AvgIpc) is 3.06. The second-order valence-corrected chi connectivity index (χ2v) is 6.95. The van der Waals surface area contributed by atoms with E-state index >= 15 is 0 Å². The van der Waals surface area contributed by atoms with Crippen LogP contribution in [0.3, 0.4) is 0 Å². The van der Waals surface area contributed by atoms with E-state index < -0.39 is 0 Å². The van der Waals surface area contributed by atoms with Gasteiger partial charge in [0.2, 0.25) is 0 Å². The van der Waals surface area contributed by atoms with Crippen molar-refractivity contribution in [1.82, 2.24) is 14.7 Å². The molecule has 1 fully saturated rings. The molecule has 0 aliphatic carbocycles.